The van der Waals surface area contributed by atoms with Gasteiger partial charge in [-0.25, -0.2) is 0 Å². The van der Waals surface area contributed by atoms with Crippen LogP contribution in [-0.2, 0) is 0 Å². The quantitative estimate of drug-likeness (QED) is 0.530. The first-order valence-corrected chi connectivity index (χ1v) is 6.33. The van der Waals surface area contributed by atoms with Crippen molar-refractivity contribution in [3.63, 3.8) is 0 Å². The molecule has 94 valence electrons. The van der Waals surface area contributed by atoms with E-state index in [0.717, 1.165) is 0 Å². The number of rotatable bonds is 2. The Balaban J connectivity index is 2.35. The van der Waals surface area contributed by atoms with Gasteiger partial charge in [-0.1, -0.05) is 0 Å². The maximum Gasteiger partial charge on any atom is 0.251 e. The molecular weight excluding hydrogens is 264 g/mol. The minimum absolute atomic E-state index is 0.180. The maximum atomic E-state index is 11.0. The molecule has 4 N–H and O–H groups in total. The van der Waals surface area contributed by atoms with Gasteiger partial charge >= 0.3 is 0 Å². The second kappa shape index (κ2) is 4.91. The first-order valence-electron chi connectivity index (χ1n) is 4.98. The van der Waals surface area contributed by atoms with Crippen LogP contribution in [0.5, 0.6) is 0 Å². The summed E-state index contributed by atoms with van der Waals surface area (Å²) in [5.74, 6) is 0. The Morgan fingerprint density at radius 2 is 2.18 bits per heavy atom. The molecule has 1 aliphatic heterocycles. The van der Waals surface area contributed by atoms with Crippen molar-refractivity contribution in [2.75, 3.05) is 6.61 Å². The number of aliphatic hydroxyl groups is 3. The second-order valence-corrected chi connectivity index (χ2v) is 5.49. The number of hydrogen-bond acceptors (Lipinski definition) is 6. The van der Waals surface area contributed by atoms with Crippen LogP contribution in [0.2, 0.25) is 0 Å². The fourth-order valence-corrected chi connectivity index (χ4v) is 3.47. The number of nitrogens with zero attached hydrogens (tertiary/aromatic N) is 1. The van der Waals surface area contributed by atoms with Crippen LogP contribution in [0.1, 0.15) is 5.37 Å². The third-order valence-electron chi connectivity index (χ3n) is 2.64. The second-order valence-electron chi connectivity index (χ2n) is 3.75. The molecule has 17 heavy (non-hydrogen) atoms. The highest BCUT2D eigenvalue weighted by Gasteiger charge is 2.42. The molecule has 0 spiro atoms. The third-order valence-corrected chi connectivity index (χ3v) is 4.52. The highest BCUT2D eigenvalue weighted by atomic mass is 32.2. The molecule has 6 nitrogen and oxygen atoms in total. The number of hydrogen-bond donors (Lipinski definition) is 4. The van der Waals surface area contributed by atoms with Crippen LogP contribution >= 0.6 is 24.0 Å². The van der Waals surface area contributed by atoms with Gasteiger partial charge in [-0.05, 0) is 12.2 Å². The normalized spacial score (nSPS) is 32.9. The van der Waals surface area contributed by atoms with Crippen LogP contribution in [0, 0.1) is 4.77 Å². The summed E-state index contributed by atoms with van der Waals surface area (Å²) in [5.41, 5.74) is -0.317. The lowest BCUT2D eigenvalue weighted by Crippen LogP contribution is -2.33. The van der Waals surface area contributed by atoms with Crippen LogP contribution in [0.15, 0.2) is 17.1 Å². The molecule has 1 saturated heterocycles. The smallest absolute Gasteiger partial charge is 0.251 e. The Hall–Kier alpha value is -0.670. The van der Waals surface area contributed by atoms with Gasteiger partial charge in [-0.2, -0.15) is 0 Å². The molecule has 0 aromatic carbocycles. The van der Waals surface area contributed by atoms with E-state index in [0.29, 0.717) is 0 Å². The average molecular weight is 276 g/mol. The number of aromatic nitrogens is 2. The Morgan fingerprint density at radius 3 is 2.71 bits per heavy atom. The molecular formula is C9H12N2O4S2. The van der Waals surface area contributed by atoms with Crippen molar-refractivity contribution in [2.45, 2.75) is 22.8 Å². The first kappa shape index (κ1) is 12.8. The lowest BCUT2D eigenvalue weighted by Gasteiger charge is -2.18. The highest BCUT2D eigenvalue weighted by molar-refractivity contribution is 8.00. The van der Waals surface area contributed by atoms with E-state index in [1.54, 1.807) is 0 Å². The van der Waals surface area contributed by atoms with Crippen molar-refractivity contribution >= 4 is 24.0 Å². The van der Waals surface area contributed by atoms with Gasteiger partial charge in [0.25, 0.3) is 5.56 Å². The largest absolute Gasteiger partial charge is 0.395 e. The molecule has 1 fully saturated rings. The number of thioether (sulfide) groups is 1. The van der Waals surface area contributed by atoms with Gasteiger partial charge in [0, 0.05) is 12.3 Å². The van der Waals surface area contributed by atoms with Gasteiger partial charge < -0.3 is 19.9 Å². The van der Waals surface area contributed by atoms with E-state index in [1.165, 1.54) is 28.6 Å². The Bertz CT molecular complexity index is 514. The molecule has 4 atom stereocenters. The molecule has 0 unspecified atom stereocenters. The van der Waals surface area contributed by atoms with Gasteiger partial charge in [0.1, 0.15) is 11.5 Å². The lowest BCUT2D eigenvalue weighted by molar-refractivity contribution is 0.0104. The van der Waals surface area contributed by atoms with E-state index >= 15 is 0 Å². The SMILES string of the molecule is O=c1ccn([C@H]2S[C@@H](CO)[C@@H](O)[C@H]2O)c(=S)[nH]1. The van der Waals surface area contributed by atoms with E-state index in [4.69, 9.17) is 17.3 Å². The molecule has 0 radical (unpaired) electrons. The van der Waals surface area contributed by atoms with E-state index in [1.807, 2.05) is 0 Å². The molecule has 2 rings (SSSR count). The first-order chi connectivity index (χ1) is 8.04. The molecule has 8 heteroatoms. The summed E-state index contributed by atoms with van der Waals surface area (Å²) in [6.45, 7) is -0.226. The zero-order chi connectivity index (χ0) is 12.6. The van der Waals surface area contributed by atoms with Crippen molar-refractivity contribution in [3.05, 3.63) is 27.4 Å². The predicted octanol–water partition coefficient (Wildman–Crippen LogP) is -0.766. The molecule has 1 aromatic heterocycles. The van der Waals surface area contributed by atoms with Gasteiger partial charge in [-0.3, -0.25) is 9.78 Å². The van der Waals surface area contributed by atoms with E-state index < -0.39 is 22.8 Å². The van der Waals surface area contributed by atoms with Gasteiger partial charge in [-0.15, -0.1) is 11.8 Å². The fraction of sp³-hybridized carbons (Fsp3) is 0.556. The third kappa shape index (κ3) is 2.31. The van der Waals surface area contributed by atoms with E-state index in [-0.39, 0.29) is 16.9 Å². The van der Waals surface area contributed by atoms with Gasteiger partial charge in [0.05, 0.1) is 18.0 Å². The Morgan fingerprint density at radius 1 is 1.47 bits per heavy atom. The van der Waals surface area contributed by atoms with Crippen LogP contribution in [0.4, 0.5) is 0 Å². The molecule has 2 heterocycles. The summed E-state index contributed by atoms with van der Waals surface area (Å²) >= 11 is 6.21. The number of aromatic amines is 1. The number of nitrogens with one attached hydrogen (secondary N) is 1. The van der Waals surface area contributed by atoms with E-state index in [9.17, 15) is 15.0 Å². The van der Waals surface area contributed by atoms with E-state index in [2.05, 4.69) is 4.98 Å². The minimum Gasteiger partial charge on any atom is -0.395 e. The van der Waals surface area contributed by atoms with Crippen molar-refractivity contribution in [2.24, 2.45) is 0 Å². The molecule has 1 aliphatic rings. The van der Waals surface area contributed by atoms with Crippen LogP contribution in [0.25, 0.3) is 0 Å². The van der Waals surface area contributed by atoms with Crippen LogP contribution < -0.4 is 5.56 Å². The summed E-state index contributed by atoms with van der Waals surface area (Å²) in [7, 11) is 0. The zero-order valence-corrected chi connectivity index (χ0v) is 10.3. The minimum atomic E-state index is -1.03. The van der Waals surface area contributed by atoms with Gasteiger partial charge in [0.2, 0.25) is 0 Å². The monoisotopic (exact) mass is 276 g/mol. The van der Waals surface area contributed by atoms with Crippen molar-refractivity contribution in [1.82, 2.24) is 9.55 Å². The molecule has 0 amide bonds. The predicted molar refractivity (Wildman–Crippen MR) is 65.4 cm³/mol. The molecule has 0 aliphatic carbocycles. The summed E-state index contributed by atoms with van der Waals surface area (Å²) in [4.78, 5) is 13.5. The Labute approximate surface area is 106 Å². The summed E-state index contributed by atoms with van der Waals surface area (Å²) < 4.78 is 1.69. The molecule has 1 aromatic rings. The summed E-state index contributed by atoms with van der Waals surface area (Å²) in [5, 5.41) is 27.6. The Kier molecular flexibility index (Phi) is 3.69. The zero-order valence-electron chi connectivity index (χ0n) is 8.68. The summed E-state index contributed by atoms with van der Waals surface area (Å²) in [6.07, 6.45) is -0.576. The van der Waals surface area contributed by atoms with Crippen molar-refractivity contribution in [1.29, 1.82) is 0 Å². The topological polar surface area (TPSA) is 98.5 Å². The molecule has 0 saturated carbocycles. The van der Waals surface area contributed by atoms with Crippen LogP contribution in [0.3, 0.4) is 0 Å². The number of H-pyrrole nitrogens is 1. The number of aliphatic hydroxyl groups excluding tert-OH is 3. The van der Waals surface area contributed by atoms with Crippen LogP contribution in [-0.4, -0.2) is 48.9 Å². The van der Waals surface area contributed by atoms with Gasteiger partial charge in [0.15, 0.2) is 4.77 Å². The summed E-state index contributed by atoms with van der Waals surface area (Å²) in [6, 6.07) is 1.29. The fourth-order valence-electron chi connectivity index (χ4n) is 1.74. The average Bonchev–Trinajstić information content (AvgIpc) is 2.57. The molecule has 0 bridgehead atoms. The van der Waals surface area contributed by atoms with Crippen molar-refractivity contribution in [3.8, 4) is 0 Å². The standard InChI is InChI=1S/C9H12N2O4S2/c12-3-4-6(14)7(15)8(17-4)11-2-1-5(13)10-9(11)16/h1-2,4,6-8,12,14-15H,3H2,(H,10,13,16)/t4-,6+,7+,8-/m0/s1. The maximum absolute atomic E-state index is 11.0. The van der Waals surface area contributed by atoms with Crippen molar-refractivity contribution < 1.29 is 15.3 Å². The lowest BCUT2D eigenvalue weighted by atomic mass is 10.1. The highest BCUT2D eigenvalue weighted by Crippen LogP contribution is 2.41.